The normalized spacial score (nSPS) is 23.3. The standard InChI is InChI=1S/C16H29NO/c1-6-8-14(17-13-7-2)16(18-5)11-9-15(3,4)10-12-16/h1,14,17H,7-13H2,2-5H3. The van der Waals surface area contributed by atoms with Crippen LogP contribution in [0.25, 0.3) is 0 Å². The lowest BCUT2D eigenvalue weighted by molar-refractivity contribution is -0.0851. The Labute approximate surface area is 113 Å². The Balaban J connectivity index is 2.74. The molecule has 1 fully saturated rings. The van der Waals surface area contributed by atoms with Crippen LogP contribution in [0.2, 0.25) is 0 Å². The van der Waals surface area contributed by atoms with E-state index in [1.54, 1.807) is 0 Å². The minimum absolute atomic E-state index is 0.0585. The summed E-state index contributed by atoms with van der Waals surface area (Å²) in [6.07, 6.45) is 12.1. The molecular formula is C16H29NO. The predicted octanol–water partition coefficient (Wildman–Crippen LogP) is 3.36. The zero-order chi connectivity index (χ0) is 13.6. The number of hydrogen-bond acceptors (Lipinski definition) is 2. The third-order valence-electron chi connectivity index (χ3n) is 4.45. The molecule has 0 amide bonds. The second kappa shape index (κ2) is 6.59. The lowest BCUT2D eigenvalue weighted by Gasteiger charge is -2.47. The molecule has 1 aliphatic carbocycles. The average Bonchev–Trinajstić information content (AvgIpc) is 2.36. The lowest BCUT2D eigenvalue weighted by Crippen LogP contribution is -2.54. The van der Waals surface area contributed by atoms with Crippen molar-refractivity contribution in [3.05, 3.63) is 0 Å². The van der Waals surface area contributed by atoms with Gasteiger partial charge >= 0.3 is 0 Å². The molecule has 0 aromatic carbocycles. The van der Waals surface area contributed by atoms with Crippen molar-refractivity contribution in [1.29, 1.82) is 0 Å². The van der Waals surface area contributed by atoms with Gasteiger partial charge in [-0.25, -0.2) is 0 Å². The van der Waals surface area contributed by atoms with Crippen LogP contribution in [-0.4, -0.2) is 25.3 Å². The zero-order valence-corrected chi connectivity index (χ0v) is 12.5. The van der Waals surface area contributed by atoms with Crippen LogP contribution in [-0.2, 0) is 4.74 Å². The van der Waals surface area contributed by atoms with E-state index in [4.69, 9.17) is 11.2 Å². The molecule has 0 aromatic heterocycles. The van der Waals surface area contributed by atoms with Gasteiger partial charge in [-0.3, -0.25) is 0 Å². The van der Waals surface area contributed by atoms with Gasteiger partial charge in [0.1, 0.15) is 0 Å². The maximum atomic E-state index is 5.93. The van der Waals surface area contributed by atoms with Gasteiger partial charge in [-0.1, -0.05) is 20.8 Å². The first-order chi connectivity index (χ1) is 8.49. The smallest absolute Gasteiger partial charge is 0.0840 e. The summed E-state index contributed by atoms with van der Waals surface area (Å²) in [4.78, 5) is 0. The van der Waals surface area contributed by atoms with E-state index >= 15 is 0 Å². The lowest BCUT2D eigenvalue weighted by atomic mass is 9.68. The van der Waals surface area contributed by atoms with Crippen molar-refractivity contribution in [2.75, 3.05) is 13.7 Å². The van der Waals surface area contributed by atoms with Crippen LogP contribution in [0.3, 0.4) is 0 Å². The molecule has 2 nitrogen and oxygen atoms in total. The SMILES string of the molecule is C#CCC(NCCC)C1(OC)CCC(C)(C)CC1. The fourth-order valence-electron chi connectivity index (χ4n) is 2.93. The molecule has 1 atom stereocenters. The fourth-order valence-corrected chi connectivity index (χ4v) is 2.93. The van der Waals surface area contributed by atoms with Crippen molar-refractivity contribution in [1.82, 2.24) is 5.32 Å². The van der Waals surface area contributed by atoms with E-state index in [-0.39, 0.29) is 5.60 Å². The maximum Gasteiger partial charge on any atom is 0.0840 e. The maximum absolute atomic E-state index is 5.93. The highest BCUT2D eigenvalue weighted by molar-refractivity contribution is 5.03. The predicted molar refractivity (Wildman–Crippen MR) is 77.5 cm³/mol. The molecule has 0 aromatic rings. The molecule has 2 heteroatoms. The largest absolute Gasteiger partial charge is 0.377 e. The molecule has 0 bridgehead atoms. The molecule has 1 saturated carbocycles. The van der Waals surface area contributed by atoms with Gasteiger partial charge in [0.05, 0.1) is 5.60 Å². The molecule has 1 aliphatic rings. The number of hydrogen-bond donors (Lipinski definition) is 1. The van der Waals surface area contributed by atoms with Crippen molar-refractivity contribution >= 4 is 0 Å². The molecule has 0 spiro atoms. The van der Waals surface area contributed by atoms with Gasteiger partial charge in [0.15, 0.2) is 0 Å². The van der Waals surface area contributed by atoms with Crippen LogP contribution in [0.5, 0.6) is 0 Å². The molecule has 104 valence electrons. The van der Waals surface area contributed by atoms with Gasteiger partial charge in [-0.15, -0.1) is 12.3 Å². The van der Waals surface area contributed by atoms with E-state index in [0.29, 0.717) is 11.5 Å². The molecule has 0 aliphatic heterocycles. The Morgan fingerprint density at radius 3 is 2.33 bits per heavy atom. The van der Waals surface area contributed by atoms with E-state index in [2.05, 4.69) is 32.0 Å². The van der Waals surface area contributed by atoms with Crippen LogP contribution < -0.4 is 5.32 Å². The van der Waals surface area contributed by atoms with Crippen LogP contribution in [0.1, 0.15) is 59.3 Å². The molecule has 1 unspecified atom stereocenters. The van der Waals surface area contributed by atoms with Crippen molar-refractivity contribution in [3.8, 4) is 12.3 Å². The summed E-state index contributed by atoms with van der Waals surface area (Å²) in [6.45, 7) is 7.90. The second-order valence-electron chi connectivity index (χ2n) is 6.35. The van der Waals surface area contributed by atoms with E-state index in [1.165, 1.54) is 12.8 Å². The monoisotopic (exact) mass is 251 g/mol. The van der Waals surface area contributed by atoms with E-state index in [1.807, 2.05) is 7.11 Å². The summed E-state index contributed by atoms with van der Waals surface area (Å²) in [5.41, 5.74) is 0.393. The number of nitrogens with one attached hydrogen (secondary N) is 1. The molecule has 0 saturated heterocycles. The topological polar surface area (TPSA) is 21.3 Å². The van der Waals surface area contributed by atoms with Crippen molar-refractivity contribution in [2.45, 2.75) is 70.9 Å². The minimum Gasteiger partial charge on any atom is -0.377 e. The van der Waals surface area contributed by atoms with E-state index in [0.717, 1.165) is 32.2 Å². The molecule has 18 heavy (non-hydrogen) atoms. The quantitative estimate of drug-likeness (QED) is 0.731. The van der Waals surface area contributed by atoms with E-state index in [9.17, 15) is 0 Å². The highest BCUT2D eigenvalue weighted by Gasteiger charge is 2.43. The Morgan fingerprint density at radius 2 is 1.89 bits per heavy atom. The summed E-state index contributed by atoms with van der Waals surface area (Å²) in [5, 5.41) is 3.59. The highest BCUT2D eigenvalue weighted by Crippen LogP contribution is 2.43. The van der Waals surface area contributed by atoms with Crippen molar-refractivity contribution in [3.63, 3.8) is 0 Å². The Hall–Kier alpha value is -0.520. The summed E-state index contributed by atoms with van der Waals surface area (Å²) in [6, 6.07) is 0.295. The van der Waals surface area contributed by atoms with Crippen LogP contribution in [0, 0.1) is 17.8 Å². The van der Waals surface area contributed by atoms with Gasteiger partial charge in [0.2, 0.25) is 0 Å². The van der Waals surface area contributed by atoms with Crippen LogP contribution in [0.4, 0.5) is 0 Å². The molecule has 0 radical (unpaired) electrons. The summed E-state index contributed by atoms with van der Waals surface area (Å²) in [7, 11) is 1.84. The first kappa shape index (κ1) is 15.5. The number of terminal acetylenes is 1. The highest BCUT2D eigenvalue weighted by atomic mass is 16.5. The average molecular weight is 251 g/mol. The van der Waals surface area contributed by atoms with Gasteiger partial charge in [0.25, 0.3) is 0 Å². The summed E-state index contributed by atoms with van der Waals surface area (Å²) >= 11 is 0. The van der Waals surface area contributed by atoms with Gasteiger partial charge in [-0.2, -0.15) is 0 Å². The fraction of sp³-hybridized carbons (Fsp3) is 0.875. The zero-order valence-electron chi connectivity index (χ0n) is 12.5. The summed E-state index contributed by atoms with van der Waals surface area (Å²) < 4.78 is 5.93. The van der Waals surface area contributed by atoms with Gasteiger partial charge in [-0.05, 0) is 44.1 Å². The van der Waals surface area contributed by atoms with Gasteiger partial charge in [0, 0.05) is 19.6 Å². The molecule has 1 N–H and O–H groups in total. The number of ether oxygens (including phenoxy) is 1. The van der Waals surface area contributed by atoms with Gasteiger partial charge < -0.3 is 10.1 Å². The Kier molecular flexibility index (Phi) is 5.69. The number of methoxy groups -OCH3 is 1. The van der Waals surface area contributed by atoms with Crippen LogP contribution >= 0.6 is 0 Å². The van der Waals surface area contributed by atoms with Crippen molar-refractivity contribution < 1.29 is 4.74 Å². The first-order valence-corrected chi connectivity index (χ1v) is 7.22. The second-order valence-corrected chi connectivity index (χ2v) is 6.35. The van der Waals surface area contributed by atoms with Crippen molar-refractivity contribution in [2.24, 2.45) is 5.41 Å². The molecule has 1 rings (SSSR count). The molecular weight excluding hydrogens is 222 g/mol. The third-order valence-corrected chi connectivity index (χ3v) is 4.45. The third kappa shape index (κ3) is 3.73. The number of rotatable bonds is 6. The minimum atomic E-state index is -0.0585. The Morgan fingerprint density at radius 1 is 1.28 bits per heavy atom. The van der Waals surface area contributed by atoms with Crippen LogP contribution in [0.15, 0.2) is 0 Å². The van der Waals surface area contributed by atoms with E-state index < -0.39 is 0 Å². The summed E-state index contributed by atoms with van der Waals surface area (Å²) in [5.74, 6) is 2.81. The Bertz CT molecular complexity index is 280. The molecule has 0 heterocycles. The first-order valence-electron chi connectivity index (χ1n) is 7.22.